The van der Waals surface area contributed by atoms with E-state index in [0.29, 0.717) is 11.8 Å². The molecule has 2 heterocycles. The molecule has 1 aromatic rings. The molecule has 11 heavy (non-hydrogen) atoms. The second kappa shape index (κ2) is 2.47. The molecule has 0 bridgehead atoms. The van der Waals surface area contributed by atoms with Gasteiger partial charge in [-0.3, -0.25) is 0 Å². The van der Waals surface area contributed by atoms with E-state index < -0.39 is 0 Å². The molecule has 0 radical (unpaired) electrons. The Morgan fingerprint density at radius 3 is 3.36 bits per heavy atom. The molecule has 1 atom stereocenters. The third-order valence-electron chi connectivity index (χ3n) is 1.92. The smallest absolute Gasteiger partial charge is 0.129 e. The highest BCUT2D eigenvalue weighted by atomic mass is 35.5. The van der Waals surface area contributed by atoms with Crippen molar-refractivity contribution in [1.82, 2.24) is 4.98 Å². The van der Waals surface area contributed by atoms with Gasteiger partial charge < -0.3 is 4.74 Å². The summed E-state index contributed by atoms with van der Waals surface area (Å²) in [5, 5.41) is 0.543. The van der Waals surface area contributed by atoms with E-state index in [1.165, 1.54) is 5.56 Å². The molecular formula is C8H8ClNO. The van der Waals surface area contributed by atoms with E-state index in [2.05, 4.69) is 4.98 Å². The van der Waals surface area contributed by atoms with E-state index in [1.54, 1.807) is 6.20 Å². The lowest BCUT2D eigenvalue weighted by molar-refractivity contribution is 0.0796. The van der Waals surface area contributed by atoms with Gasteiger partial charge in [0.2, 0.25) is 0 Å². The standard InChI is InChI=1S/C8H8ClNO/c1-5-7-2-8(9)10-3-6(7)4-11-5/h2-3,5H,4H2,1H3. The fourth-order valence-electron chi connectivity index (χ4n) is 1.28. The molecular weight excluding hydrogens is 162 g/mol. The number of hydrogen-bond donors (Lipinski definition) is 0. The number of aromatic nitrogens is 1. The molecule has 2 rings (SSSR count). The summed E-state index contributed by atoms with van der Waals surface area (Å²) < 4.78 is 5.38. The summed E-state index contributed by atoms with van der Waals surface area (Å²) in [6.45, 7) is 2.68. The number of ether oxygens (including phenoxy) is 1. The summed E-state index contributed by atoms with van der Waals surface area (Å²) in [4.78, 5) is 3.97. The normalized spacial score (nSPS) is 21.8. The van der Waals surface area contributed by atoms with Crippen molar-refractivity contribution in [1.29, 1.82) is 0 Å². The van der Waals surface area contributed by atoms with Gasteiger partial charge in [-0.2, -0.15) is 0 Å². The number of hydrogen-bond acceptors (Lipinski definition) is 2. The Hall–Kier alpha value is -0.600. The van der Waals surface area contributed by atoms with E-state index in [4.69, 9.17) is 16.3 Å². The van der Waals surface area contributed by atoms with Crippen LogP contribution in [0.1, 0.15) is 24.2 Å². The van der Waals surface area contributed by atoms with Gasteiger partial charge in [-0.25, -0.2) is 4.98 Å². The molecule has 0 spiro atoms. The fraction of sp³-hybridized carbons (Fsp3) is 0.375. The van der Waals surface area contributed by atoms with Gasteiger partial charge in [-0.15, -0.1) is 0 Å². The third-order valence-corrected chi connectivity index (χ3v) is 2.12. The van der Waals surface area contributed by atoms with Gasteiger partial charge >= 0.3 is 0 Å². The highest BCUT2D eigenvalue weighted by Crippen LogP contribution is 2.30. The summed E-state index contributed by atoms with van der Waals surface area (Å²) in [7, 11) is 0. The minimum atomic E-state index is 0.172. The maximum atomic E-state index is 5.72. The van der Waals surface area contributed by atoms with Gasteiger partial charge in [0.15, 0.2) is 0 Å². The van der Waals surface area contributed by atoms with Gasteiger partial charge in [0.05, 0.1) is 12.7 Å². The lowest BCUT2D eigenvalue weighted by Crippen LogP contribution is -1.88. The molecule has 0 fully saturated rings. The number of fused-ring (bicyclic) bond motifs is 1. The second-order valence-corrected chi connectivity index (χ2v) is 3.05. The molecule has 1 aliphatic heterocycles. The molecule has 0 saturated heterocycles. The van der Waals surface area contributed by atoms with E-state index in [-0.39, 0.29) is 6.10 Å². The molecule has 0 aliphatic carbocycles. The first kappa shape index (κ1) is 7.07. The molecule has 1 aliphatic rings. The molecule has 2 nitrogen and oxygen atoms in total. The van der Waals surface area contributed by atoms with Crippen molar-refractivity contribution in [2.45, 2.75) is 19.6 Å². The van der Waals surface area contributed by atoms with Crippen LogP contribution in [0.2, 0.25) is 5.15 Å². The number of pyridine rings is 1. The van der Waals surface area contributed by atoms with Crippen molar-refractivity contribution in [2.24, 2.45) is 0 Å². The quantitative estimate of drug-likeness (QED) is 0.556. The minimum Gasteiger partial charge on any atom is -0.369 e. The molecule has 0 saturated carbocycles. The van der Waals surface area contributed by atoms with Gasteiger partial charge in [-0.1, -0.05) is 11.6 Å². The van der Waals surface area contributed by atoms with Crippen molar-refractivity contribution in [2.75, 3.05) is 0 Å². The van der Waals surface area contributed by atoms with Gasteiger partial charge in [0.1, 0.15) is 5.15 Å². The van der Waals surface area contributed by atoms with E-state index >= 15 is 0 Å². The average molecular weight is 170 g/mol. The molecule has 0 N–H and O–H groups in total. The zero-order valence-corrected chi connectivity index (χ0v) is 6.93. The first-order chi connectivity index (χ1) is 5.27. The molecule has 1 unspecified atom stereocenters. The van der Waals surface area contributed by atoms with Crippen molar-refractivity contribution >= 4 is 11.6 Å². The summed E-state index contributed by atoms with van der Waals surface area (Å²) in [6.07, 6.45) is 1.95. The van der Waals surface area contributed by atoms with Crippen LogP contribution in [0.15, 0.2) is 12.3 Å². The minimum absolute atomic E-state index is 0.172. The first-order valence-electron chi connectivity index (χ1n) is 3.53. The largest absolute Gasteiger partial charge is 0.369 e. The van der Waals surface area contributed by atoms with Crippen molar-refractivity contribution in [3.8, 4) is 0 Å². The Balaban J connectivity index is 2.52. The van der Waals surface area contributed by atoms with Gasteiger partial charge in [-0.05, 0) is 18.6 Å². The topological polar surface area (TPSA) is 22.1 Å². The predicted molar refractivity (Wildman–Crippen MR) is 42.5 cm³/mol. The van der Waals surface area contributed by atoms with Crippen LogP contribution >= 0.6 is 11.6 Å². The summed E-state index contributed by atoms with van der Waals surface area (Å²) in [6, 6.07) is 1.87. The third kappa shape index (κ3) is 1.12. The zero-order chi connectivity index (χ0) is 7.84. The average Bonchev–Trinajstić information content (AvgIpc) is 2.33. The molecule has 0 aromatic carbocycles. The van der Waals surface area contributed by atoms with E-state index in [1.807, 2.05) is 13.0 Å². The van der Waals surface area contributed by atoms with Crippen molar-refractivity contribution < 1.29 is 4.74 Å². The Kier molecular flexibility index (Phi) is 1.59. The monoisotopic (exact) mass is 169 g/mol. The lowest BCUT2D eigenvalue weighted by atomic mass is 10.1. The first-order valence-corrected chi connectivity index (χ1v) is 3.91. The van der Waals surface area contributed by atoms with Crippen LogP contribution in [0, 0.1) is 0 Å². The Bertz CT molecular complexity index is 287. The summed E-state index contributed by atoms with van der Waals surface area (Å²) >= 11 is 5.72. The fourth-order valence-corrected chi connectivity index (χ4v) is 1.44. The molecule has 58 valence electrons. The van der Waals surface area contributed by atoms with E-state index in [0.717, 1.165) is 5.56 Å². The van der Waals surface area contributed by atoms with Crippen LogP contribution < -0.4 is 0 Å². The van der Waals surface area contributed by atoms with Crippen LogP contribution in [0.3, 0.4) is 0 Å². The SMILES string of the molecule is CC1OCc2cnc(Cl)cc21. The molecule has 1 aromatic heterocycles. The molecule has 0 amide bonds. The Morgan fingerprint density at radius 2 is 2.55 bits per heavy atom. The van der Waals surface area contributed by atoms with Crippen LogP contribution in [0.4, 0.5) is 0 Å². The second-order valence-electron chi connectivity index (χ2n) is 2.66. The highest BCUT2D eigenvalue weighted by Gasteiger charge is 2.19. The van der Waals surface area contributed by atoms with Crippen LogP contribution in [0.25, 0.3) is 0 Å². The van der Waals surface area contributed by atoms with E-state index in [9.17, 15) is 0 Å². The zero-order valence-electron chi connectivity index (χ0n) is 6.17. The van der Waals surface area contributed by atoms with Crippen molar-refractivity contribution in [3.63, 3.8) is 0 Å². The maximum absolute atomic E-state index is 5.72. The van der Waals surface area contributed by atoms with Gasteiger partial charge in [0, 0.05) is 11.8 Å². The van der Waals surface area contributed by atoms with Crippen LogP contribution in [0.5, 0.6) is 0 Å². The summed E-state index contributed by atoms with van der Waals surface area (Å²) in [5.74, 6) is 0. The van der Waals surface area contributed by atoms with Crippen LogP contribution in [-0.2, 0) is 11.3 Å². The Morgan fingerprint density at radius 1 is 1.73 bits per heavy atom. The molecule has 3 heteroatoms. The number of halogens is 1. The highest BCUT2D eigenvalue weighted by molar-refractivity contribution is 6.29. The number of nitrogens with zero attached hydrogens (tertiary/aromatic N) is 1. The Labute approximate surface area is 70.2 Å². The van der Waals surface area contributed by atoms with Crippen molar-refractivity contribution in [3.05, 3.63) is 28.5 Å². The van der Waals surface area contributed by atoms with Crippen LogP contribution in [-0.4, -0.2) is 4.98 Å². The van der Waals surface area contributed by atoms with Gasteiger partial charge in [0.25, 0.3) is 0 Å². The maximum Gasteiger partial charge on any atom is 0.129 e. The predicted octanol–water partition coefficient (Wildman–Crippen LogP) is 2.33. The lowest BCUT2D eigenvalue weighted by Gasteiger charge is -2.01. The number of rotatable bonds is 0. The summed E-state index contributed by atoms with van der Waals surface area (Å²) in [5.41, 5.74) is 2.33.